The molecule has 31 heavy (non-hydrogen) atoms. The molecule has 0 bridgehead atoms. The van der Waals surface area contributed by atoms with Gasteiger partial charge in [0.25, 0.3) is 0 Å². The second-order valence-electron chi connectivity index (χ2n) is 8.25. The fourth-order valence-electron chi connectivity index (χ4n) is 3.86. The smallest absolute Gasteiger partial charge is 0.196 e. The third-order valence-corrected chi connectivity index (χ3v) is 7.22. The average Bonchev–Trinajstić information content (AvgIpc) is 3.39. The van der Waals surface area contributed by atoms with E-state index in [4.69, 9.17) is 11.6 Å². The number of carbonyl (C=O) groups excluding carboxylic acids is 1. The first-order chi connectivity index (χ1) is 14.8. The largest absolute Gasteiger partial charge is 0.300 e. The molecule has 2 aromatic carbocycles. The molecule has 0 aliphatic heterocycles. The third-order valence-electron chi connectivity index (χ3n) is 5.93. The highest BCUT2D eigenvalue weighted by Crippen LogP contribution is 2.31. The van der Waals surface area contributed by atoms with Crippen LogP contribution in [0.3, 0.4) is 0 Å². The minimum atomic E-state index is -0.280. The summed E-state index contributed by atoms with van der Waals surface area (Å²) < 4.78 is 2.03. The van der Waals surface area contributed by atoms with Crippen molar-refractivity contribution in [2.24, 2.45) is 0 Å². The first-order valence-corrected chi connectivity index (χ1v) is 11.8. The first kappa shape index (κ1) is 22.1. The van der Waals surface area contributed by atoms with Crippen molar-refractivity contribution >= 4 is 29.1 Å². The van der Waals surface area contributed by atoms with Crippen molar-refractivity contribution in [3.05, 3.63) is 70.0 Å². The fourth-order valence-corrected chi connectivity index (χ4v) is 4.94. The summed E-state index contributed by atoms with van der Waals surface area (Å²) in [6.07, 6.45) is 3.36. The molecule has 0 saturated carbocycles. The number of ketones is 1. The van der Waals surface area contributed by atoms with Gasteiger partial charge in [0.2, 0.25) is 0 Å². The van der Waals surface area contributed by atoms with Crippen molar-refractivity contribution in [3.8, 4) is 5.69 Å². The highest BCUT2D eigenvalue weighted by atomic mass is 35.5. The van der Waals surface area contributed by atoms with Crippen LogP contribution in [0.5, 0.6) is 0 Å². The van der Waals surface area contributed by atoms with Gasteiger partial charge in [0.1, 0.15) is 0 Å². The molecule has 0 saturated heterocycles. The number of halogens is 1. The van der Waals surface area contributed by atoms with E-state index < -0.39 is 0 Å². The van der Waals surface area contributed by atoms with E-state index in [1.807, 2.05) is 55.9 Å². The molecule has 0 amide bonds. The number of fused-ring (bicyclic) bond motifs is 1. The fraction of sp³-hybridized carbons (Fsp3) is 0.375. The number of rotatable bonds is 7. The van der Waals surface area contributed by atoms with Crippen LogP contribution in [-0.2, 0) is 12.8 Å². The van der Waals surface area contributed by atoms with E-state index in [2.05, 4.69) is 34.2 Å². The summed E-state index contributed by atoms with van der Waals surface area (Å²) >= 11 is 7.54. The molecular weight excluding hydrogens is 428 g/mol. The van der Waals surface area contributed by atoms with Gasteiger partial charge < -0.3 is 0 Å². The van der Waals surface area contributed by atoms with Gasteiger partial charge in [-0.3, -0.25) is 14.3 Å². The van der Waals surface area contributed by atoms with Crippen molar-refractivity contribution in [3.63, 3.8) is 0 Å². The number of nitrogens with zero attached hydrogens (tertiary/aromatic N) is 4. The lowest BCUT2D eigenvalue weighted by atomic mass is 10.0. The van der Waals surface area contributed by atoms with Crippen molar-refractivity contribution in [2.45, 2.75) is 49.6 Å². The molecule has 4 rings (SSSR count). The number of hydrogen-bond acceptors (Lipinski definition) is 5. The zero-order valence-corrected chi connectivity index (χ0v) is 19.9. The quantitative estimate of drug-likeness (QED) is 0.353. The third kappa shape index (κ3) is 4.56. The van der Waals surface area contributed by atoms with Gasteiger partial charge in [0.05, 0.1) is 11.3 Å². The number of benzene rings is 2. The Morgan fingerprint density at radius 2 is 1.77 bits per heavy atom. The predicted molar refractivity (Wildman–Crippen MR) is 127 cm³/mol. The maximum atomic E-state index is 13.2. The molecule has 1 aliphatic rings. The lowest BCUT2D eigenvalue weighted by molar-refractivity contribution is 0.0993. The summed E-state index contributed by atoms with van der Waals surface area (Å²) in [7, 11) is 4.02. The molecule has 0 fully saturated rings. The molecule has 0 spiro atoms. The molecule has 0 radical (unpaired) electrons. The molecule has 162 valence electrons. The van der Waals surface area contributed by atoms with Gasteiger partial charge in [-0.1, -0.05) is 35.5 Å². The molecule has 7 heteroatoms. The average molecular weight is 455 g/mol. The number of hydrogen-bond donors (Lipinski definition) is 0. The van der Waals surface area contributed by atoms with E-state index in [-0.39, 0.29) is 17.1 Å². The molecular formula is C24H27ClN4OS. The number of thioether (sulfide) groups is 1. The van der Waals surface area contributed by atoms with Crippen molar-refractivity contribution < 1.29 is 4.79 Å². The molecule has 3 aromatic rings. The monoisotopic (exact) mass is 454 g/mol. The normalized spacial score (nSPS) is 15.2. The van der Waals surface area contributed by atoms with E-state index in [0.29, 0.717) is 10.2 Å². The first-order valence-electron chi connectivity index (χ1n) is 10.6. The summed E-state index contributed by atoms with van der Waals surface area (Å²) in [6.45, 7) is 4.03. The molecule has 1 aromatic heterocycles. The molecule has 2 unspecified atom stereocenters. The Morgan fingerprint density at radius 3 is 2.48 bits per heavy atom. The lowest BCUT2D eigenvalue weighted by Crippen LogP contribution is -2.21. The molecule has 5 nitrogen and oxygen atoms in total. The van der Waals surface area contributed by atoms with E-state index >= 15 is 0 Å². The molecule has 2 atom stereocenters. The van der Waals surface area contributed by atoms with Gasteiger partial charge in [0, 0.05) is 16.3 Å². The molecule has 0 N–H and O–H groups in total. The molecule has 1 heterocycles. The highest BCUT2D eigenvalue weighted by Gasteiger charge is 2.25. The Kier molecular flexibility index (Phi) is 6.51. The number of aromatic nitrogens is 3. The second kappa shape index (κ2) is 9.15. The standard InChI is InChI=1S/C24H27ClN4OS/c1-15(28(3)4)23-26-27-24(29(23)21-12-10-20(25)11-13-21)31-16(2)22(30)19-9-8-17-6-5-7-18(17)14-19/h8-16H,5-7H2,1-4H3. The Labute approximate surface area is 192 Å². The van der Waals surface area contributed by atoms with Crippen LogP contribution >= 0.6 is 23.4 Å². The highest BCUT2D eigenvalue weighted by molar-refractivity contribution is 8.00. The minimum Gasteiger partial charge on any atom is -0.300 e. The van der Waals surface area contributed by atoms with Crippen molar-refractivity contribution in [2.75, 3.05) is 14.1 Å². The van der Waals surface area contributed by atoms with E-state index in [9.17, 15) is 4.79 Å². The van der Waals surface area contributed by atoms with Gasteiger partial charge in [0.15, 0.2) is 16.8 Å². The summed E-state index contributed by atoms with van der Waals surface area (Å²) in [4.78, 5) is 15.3. The van der Waals surface area contributed by atoms with Crippen LogP contribution in [-0.4, -0.2) is 44.8 Å². The van der Waals surface area contributed by atoms with Crippen LogP contribution < -0.4 is 0 Å². The zero-order valence-electron chi connectivity index (χ0n) is 18.3. The Morgan fingerprint density at radius 1 is 1.06 bits per heavy atom. The van der Waals surface area contributed by atoms with Crippen LogP contribution in [0.4, 0.5) is 0 Å². The van der Waals surface area contributed by atoms with Crippen molar-refractivity contribution in [1.82, 2.24) is 19.7 Å². The maximum Gasteiger partial charge on any atom is 0.196 e. The Hall–Kier alpha value is -2.15. The predicted octanol–water partition coefficient (Wildman–Crippen LogP) is 5.40. The lowest BCUT2D eigenvalue weighted by Gasteiger charge is -2.21. The van der Waals surface area contributed by atoms with Gasteiger partial charge in [-0.05, 0) is 88.7 Å². The van der Waals surface area contributed by atoms with Crippen LogP contribution in [0.2, 0.25) is 5.02 Å². The van der Waals surface area contributed by atoms with Crippen LogP contribution in [0.15, 0.2) is 47.6 Å². The van der Waals surface area contributed by atoms with Crippen LogP contribution in [0.25, 0.3) is 5.69 Å². The second-order valence-corrected chi connectivity index (χ2v) is 10.00. The summed E-state index contributed by atoms with van der Waals surface area (Å²) in [5, 5.41) is 10.0. The van der Waals surface area contributed by atoms with Gasteiger partial charge in [-0.15, -0.1) is 10.2 Å². The van der Waals surface area contributed by atoms with E-state index in [1.54, 1.807) is 0 Å². The summed E-state index contributed by atoms with van der Waals surface area (Å²) in [5.41, 5.74) is 4.40. The summed E-state index contributed by atoms with van der Waals surface area (Å²) in [5.74, 6) is 0.944. The zero-order chi connectivity index (χ0) is 22.1. The molecule has 1 aliphatic carbocycles. The van der Waals surface area contributed by atoms with Gasteiger partial charge in [-0.2, -0.15) is 0 Å². The number of aryl methyl sites for hydroxylation is 2. The number of Topliss-reactive ketones (excluding diaryl/α,β-unsaturated/α-hetero) is 1. The van der Waals surface area contributed by atoms with Gasteiger partial charge in [-0.25, -0.2) is 0 Å². The van der Waals surface area contributed by atoms with Crippen LogP contribution in [0, 0.1) is 0 Å². The van der Waals surface area contributed by atoms with Crippen molar-refractivity contribution in [1.29, 1.82) is 0 Å². The maximum absolute atomic E-state index is 13.2. The Balaban J connectivity index is 1.64. The van der Waals surface area contributed by atoms with E-state index in [1.165, 1.54) is 29.3 Å². The van der Waals surface area contributed by atoms with E-state index in [0.717, 1.165) is 29.9 Å². The topological polar surface area (TPSA) is 51.0 Å². The van der Waals surface area contributed by atoms with Crippen LogP contribution in [0.1, 0.15) is 53.6 Å². The Bertz CT molecular complexity index is 1090. The summed E-state index contributed by atoms with van der Waals surface area (Å²) in [6, 6.07) is 13.8. The SMILES string of the molecule is CC(Sc1nnc(C(C)N(C)C)n1-c1ccc(Cl)cc1)C(=O)c1ccc2c(c1)CCC2. The van der Waals surface area contributed by atoms with Gasteiger partial charge >= 0.3 is 0 Å². The number of carbonyl (C=O) groups is 1. The minimum absolute atomic E-state index is 0.0558.